The molecular weight excluding hydrogens is 320 g/mol. The van der Waals surface area contributed by atoms with Crippen LogP contribution in [0.25, 0.3) is 6.08 Å². The van der Waals surface area contributed by atoms with Crippen LogP contribution in [0, 0.1) is 0 Å². The lowest BCUT2D eigenvalue weighted by Gasteiger charge is -2.11. The number of methoxy groups -OCH3 is 2. The second-order valence-corrected chi connectivity index (χ2v) is 5.47. The highest BCUT2D eigenvalue weighted by Gasteiger charge is 2.28. The third-order valence-corrected chi connectivity index (χ3v) is 3.88. The molecule has 1 N–H and O–H groups in total. The maximum atomic E-state index is 12.7. The molecule has 6 nitrogen and oxygen atoms in total. The summed E-state index contributed by atoms with van der Waals surface area (Å²) in [6.07, 6.45) is 1.70. The Morgan fingerprint density at radius 2 is 1.68 bits per heavy atom. The van der Waals surface area contributed by atoms with E-state index in [1.807, 2.05) is 30.3 Å². The molecule has 6 heteroatoms. The lowest BCUT2D eigenvalue weighted by Crippen LogP contribution is -2.21. The highest BCUT2D eigenvalue weighted by molar-refractivity contribution is 6.32. The number of carbonyl (C=O) groups excluding carboxylic acids is 1. The number of para-hydroxylation sites is 1. The van der Waals surface area contributed by atoms with Crippen molar-refractivity contribution in [3.8, 4) is 17.2 Å². The van der Waals surface area contributed by atoms with E-state index in [4.69, 9.17) is 9.47 Å². The average Bonchev–Trinajstić information content (AvgIpc) is 2.91. The van der Waals surface area contributed by atoms with Gasteiger partial charge in [-0.25, -0.2) is 0 Å². The maximum Gasteiger partial charge on any atom is 0.280 e. The number of aromatic hydroxyl groups is 1. The van der Waals surface area contributed by atoms with Crippen molar-refractivity contribution >= 4 is 23.4 Å². The van der Waals surface area contributed by atoms with Crippen molar-refractivity contribution in [3.05, 3.63) is 53.6 Å². The molecule has 0 fully saturated rings. The molecule has 3 rings (SSSR count). The summed E-state index contributed by atoms with van der Waals surface area (Å²) in [7, 11) is 2.91. The van der Waals surface area contributed by atoms with E-state index in [0.29, 0.717) is 22.5 Å². The number of benzene rings is 2. The van der Waals surface area contributed by atoms with Gasteiger partial charge in [0.1, 0.15) is 0 Å². The third kappa shape index (κ3) is 3.06. The summed E-state index contributed by atoms with van der Waals surface area (Å²) < 4.78 is 10.3. The minimum atomic E-state index is -0.213. The monoisotopic (exact) mass is 338 g/mol. The van der Waals surface area contributed by atoms with Gasteiger partial charge in [0.25, 0.3) is 5.91 Å². The minimum absolute atomic E-state index is 0.0822. The number of amides is 1. The lowest BCUT2D eigenvalue weighted by molar-refractivity contribution is -0.114. The van der Waals surface area contributed by atoms with E-state index >= 15 is 0 Å². The molecule has 0 bridgehead atoms. The van der Waals surface area contributed by atoms with Crippen LogP contribution < -0.4 is 14.5 Å². The molecule has 0 saturated carbocycles. The zero-order valence-electron chi connectivity index (χ0n) is 14.2. The largest absolute Gasteiger partial charge is 0.502 e. The van der Waals surface area contributed by atoms with E-state index in [1.54, 1.807) is 25.1 Å². The third-order valence-electron chi connectivity index (χ3n) is 3.88. The van der Waals surface area contributed by atoms with Gasteiger partial charge in [-0.05, 0) is 42.8 Å². The van der Waals surface area contributed by atoms with Gasteiger partial charge in [0.05, 0.1) is 31.2 Å². The Bertz CT molecular complexity index is 847. The summed E-state index contributed by atoms with van der Waals surface area (Å²) in [5, 5.41) is 15.7. The van der Waals surface area contributed by atoms with Crippen LogP contribution in [-0.2, 0) is 4.79 Å². The number of carbonyl (C=O) groups is 1. The Morgan fingerprint density at radius 1 is 1.08 bits per heavy atom. The molecule has 1 aliphatic heterocycles. The number of rotatable bonds is 4. The molecular formula is C19H18N2O4. The second-order valence-electron chi connectivity index (χ2n) is 5.47. The molecule has 1 heterocycles. The molecule has 2 aromatic carbocycles. The zero-order chi connectivity index (χ0) is 18.0. The van der Waals surface area contributed by atoms with Gasteiger partial charge in [-0.1, -0.05) is 18.2 Å². The van der Waals surface area contributed by atoms with E-state index in [0.717, 1.165) is 0 Å². The van der Waals surface area contributed by atoms with Crippen molar-refractivity contribution in [2.24, 2.45) is 5.10 Å². The summed E-state index contributed by atoms with van der Waals surface area (Å²) >= 11 is 0. The standard InChI is InChI=1S/C19H18N2O4/c1-12-15(19(23)21(20-12)14-7-5-4-6-8-14)9-13-10-16(24-2)18(22)17(11-13)25-3/h4-11,22H,1-3H3. The Labute approximate surface area is 145 Å². The van der Waals surface area contributed by atoms with Crippen LogP contribution >= 0.6 is 0 Å². The topological polar surface area (TPSA) is 71.4 Å². The molecule has 1 amide bonds. The Morgan fingerprint density at radius 3 is 2.24 bits per heavy atom. The first-order valence-electron chi connectivity index (χ1n) is 7.67. The first kappa shape index (κ1) is 16.6. The number of phenols is 1. The molecule has 25 heavy (non-hydrogen) atoms. The number of anilines is 1. The Kier molecular flexibility index (Phi) is 4.43. The minimum Gasteiger partial charge on any atom is -0.502 e. The van der Waals surface area contributed by atoms with Crippen LogP contribution in [0.5, 0.6) is 17.2 Å². The second kappa shape index (κ2) is 6.68. The number of phenolic OH excluding ortho intramolecular Hbond substituents is 1. The van der Waals surface area contributed by atoms with E-state index in [9.17, 15) is 9.90 Å². The molecule has 1 aliphatic rings. The predicted octanol–water partition coefficient (Wildman–Crippen LogP) is 3.22. The Hall–Kier alpha value is -3.28. The predicted molar refractivity (Wildman–Crippen MR) is 96.2 cm³/mol. The zero-order valence-corrected chi connectivity index (χ0v) is 14.2. The first-order valence-corrected chi connectivity index (χ1v) is 7.67. The fourth-order valence-electron chi connectivity index (χ4n) is 2.59. The van der Waals surface area contributed by atoms with Gasteiger partial charge in [-0.2, -0.15) is 10.1 Å². The van der Waals surface area contributed by atoms with Gasteiger partial charge in [-0.15, -0.1) is 0 Å². The molecule has 0 radical (unpaired) electrons. The number of hydrogen-bond acceptors (Lipinski definition) is 5. The molecule has 2 aromatic rings. The molecule has 0 unspecified atom stereocenters. The highest BCUT2D eigenvalue weighted by Crippen LogP contribution is 2.38. The summed E-state index contributed by atoms with van der Waals surface area (Å²) in [4.78, 5) is 12.7. The van der Waals surface area contributed by atoms with E-state index in [2.05, 4.69) is 5.10 Å². The fraction of sp³-hybridized carbons (Fsp3) is 0.158. The van der Waals surface area contributed by atoms with Crippen molar-refractivity contribution in [2.45, 2.75) is 6.92 Å². The molecule has 0 aliphatic carbocycles. The first-order chi connectivity index (χ1) is 12.0. The molecule has 128 valence electrons. The van der Waals surface area contributed by atoms with Crippen LogP contribution in [0.2, 0.25) is 0 Å². The van der Waals surface area contributed by atoms with Crippen LogP contribution in [0.1, 0.15) is 12.5 Å². The lowest BCUT2D eigenvalue weighted by atomic mass is 10.1. The number of hydrogen-bond donors (Lipinski definition) is 1. The van der Waals surface area contributed by atoms with E-state index in [1.165, 1.54) is 19.2 Å². The number of hydrazone groups is 1. The highest BCUT2D eigenvalue weighted by atomic mass is 16.5. The Balaban J connectivity index is 2.00. The van der Waals surface area contributed by atoms with Crippen molar-refractivity contribution in [1.82, 2.24) is 0 Å². The fourth-order valence-corrected chi connectivity index (χ4v) is 2.59. The molecule has 0 atom stereocenters. The van der Waals surface area contributed by atoms with Crippen molar-refractivity contribution in [1.29, 1.82) is 0 Å². The SMILES string of the molecule is COc1cc(C=C2C(=O)N(c3ccccc3)N=C2C)cc(OC)c1O. The van der Waals surface area contributed by atoms with Gasteiger partial charge < -0.3 is 14.6 Å². The van der Waals surface area contributed by atoms with Gasteiger partial charge >= 0.3 is 0 Å². The molecule has 0 aromatic heterocycles. The summed E-state index contributed by atoms with van der Waals surface area (Å²) in [5.74, 6) is 0.244. The normalized spacial score (nSPS) is 15.5. The van der Waals surface area contributed by atoms with Gasteiger partial charge in [0, 0.05) is 0 Å². The summed E-state index contributed by atoms with van der Waals surface area (Å²) in [6.45, 7) is 1.78. The maximum absolute atomic E-state index is 12.7. The summed E-state index contributed by atoms with van der Waals surface area (Å²) in [6, 6.07) is 12.5. The van der Waals surface area contributed by atoms with Gasteiger partial charge in [0.2, 0.25) is 5.75 Å². The van der Waals surface area contributed by atoms with Crippen molar-refractivity contribution < 1.29 is 19.4 Å². The quantitative estimate of drug-likeness (QED) is 0.869. The number of ether oxygens (including phenoxy) is 2. The summed E-state index contributed by atoms with van der Waals surface area (Å²) in [5.41, 5.74) is 2.45. The van der Waals surface area contributed by atoms with Gasteiger partial charge in [-0.3, -0.25) is 4.79 Å². The van der Waals surface area contributed by atoms with Gasteiger partial charge in [0.15, 0.2) is 11.5 Å². The van der Waals surface area contributed by atoms with Crippen LogP contribution in [0.3, 0.4) is 0 Å². The smallest absolute Gasteiger partial charge is 0.280 e. The van der Waals surface area contributed by atoms with E-state index in [-0.39, 0.29) is 23.2 Å². The molecule has 0 saturated heterocycles. The van der Waals surface area contributed by atoms with Crippen molar-refractivity contribution in [2.75, 3.05) is 19.2 Å². The average molecular weight is 338 g/mol. The van der Waals surface area contributed by atoms with E-state index < -0.39 is 0 Å². The van der Waals surface area contributed by atoms with Crippen LogP contribution in [0.15, 0.2) is 53.1 Å². The molecule has 0 spiro atoms. The van der Waals surface area contributed by atoms with Crippen LogP contribution in [0.4, 0.5) is 5.69 Å². The number of nitrogens with zero attached hydrogens (tertiary/aromatic N) is 2. The van der Waals surface area contributed by atoms with Crippen molar-refractivity contribution in [3.63, 3.8) is 0 Å². The van der Waals surface area contributed by atoms with Crippen LogP contribution in [-0.4, -0.2) is 30.9 Å².